The normalized spacial score (nSPS) is 24.5. The highest BCUT2D eigenvalue weighted by atomic mass is 19.2. The minimum absolute atomic E-state index is 0.0307. The molecule has 7 aliphatic carbocycles. The molecular formula is C71H108F5N5O12. The molecule has 93 heavy (non-hydrogen) atoms. The molecule has 9 rings (SSSR count). The molecule has 8 aliphatic rings. The average Bonchev–Trinajstić information content (AvgIpc) is 1.53. The molecule has 524 valence electrons. The van der Waals surface area contributed by atoms with Crippen molar-refractivity contribution in [2.45, 2.75) is 271 Å². The number of amides is 10. The van der Waals surface area contributed by atoms with Gasteiger partial charge in [0.25, 0.3) is 11.8 Å². The van der Waals surface area contributed by atoms with Crippen LogP contribution >= 0.6 is 0 Å². The van der Waals surface area contributed by atoms with Gasteiger partial charge in [-0.3, -0.25) is 79.3 Å². The van der Waals surface area contributed by atoms with Gasteiger partial charge in [-0.1, -0.05) is 150 Å². The summed E-state index contributed by atoms with van der Waals surface area (Å²) >= 11 is 0. The second-order valence-corrected chi connectivity index (χ2v) is 31.3. The van der Waals surface area contributed by atoms with Crippen LogP contribution in [0.15, 0.2) is 0 Å². The number of esters is 1. The Balaban J connectivity index is 0.000000249. The lowest BCUT2D eigenvalue weighted by molar-refractivity contribution is -0.169. The summed E-state index contributed by atoms with van der Waals surface area (Å²) in [5.41, 5.74) is -7.40. The molecule has 0 radical (unpaired) electrons. The van der Waals surface area contributed by atoms with Gasteiger partial charge in [-0.25, -0.2) is 22.0 Å². The van der Waals surface area contributed by atoms with Crippen LogP contribution in [0.5, 0.6) is 0 Å². The van der Waals surface area contributed by atoms with E-state index in [1.807, 2.05) is 90.0 Å². The van der Waals surface area contributed by atoms with Crippen LogP contribution in [-0.4, -0.2) is 70.6 Å². The fourth-order valence-corrected chi connectivity index (χ4v) is 13.2. The van der Waals surface area contributed by atoms with Gasteiger partial charge in [0.2, 0.25) is 53.1 Å². The van der Waals surface area contributed by atoms with E-state index in [9.17, 15) is 74.7 Å². The Morgan fingerprint density at radius 1 is 0.430 bits per heavy atom. The molecule has 7 saturated carbocycles. The van der Waals surface area contributed by atoms with Crippen LogP contribution in [0, 0.1) is 102 Å². The number of benzene rings is 1. The van der Waals surface area contributed by atoms with E-state index in [4.69, 9.17) is 4.74 Å². The molecule has 17 nitrogen and oxygen atoms in total. The van der Waals surface area contributed by atoms with E-state index in [2.05, 4.69) is 21.3 Å². The summed E-state index contributed by atoms with van der Waals surface area (Å²) in [4.78, 5) is 132. The lowest BCUT2D eigenvalue weighted by Gasteiger charge is -2.55. The molecule has 1 saturated heterocycles. The monoisotopic (exact) mass is 1320 g/mol. The van der Waals surface area contributed by atoms with Crippen molar-refractivity contribution in [2.24, 2.45) is 72.9 Å². The van der Waals surface area contributed by atoms with Crippen LogP contribution in [0.4, 0.5) is 22.0 Å². The summed E-state index contributed by atoms with van der Waals surface area (Å²) in [6.07, 6.45) is 20.7. The standard InChI is InChI=1S/C17H27NO2.C16H25NO4.C13H12F5NO2.C13H23NO2.C12H21NO2/c1-4-16(2,3)14(19)18-15(20)17-8-11-5-12(9-17)7-13(6-11)10-17;1-7-13(2,3)10(18)17-11(19)16-9-8-15(6,12(20)21-16)14(16,4)5;1-4-13(2,3)12(21)19-11(20)5-6(14)8(16)10(18)9(17)7(5)15;1-4-13(2,3)12(16)14-11(15)10-8-6-5-7-9-10;1-4-12(2,3)11(15)13-10(14)9-7-5-6-8-9/h11-13H,4-10H2,1-3H3,(H,18,19,20);7-9H2,1-6H3,(H,17,18,19);4H2,1-3H3,(H,19,20,21);10H,4-9H2,1-3H3,(H,14,15,16);9H,4-8H2,1-3H3,(H,13,14,15). The number of nitrogens with one attached hydrogen (secondary N) is 5. The highest BCUT2D eigenvalue weighted by Crippen LogP contribution is 2.66. The Kier molecular flexibility index (Phi) is 26.4. The first-order valence-corrected chi connectivity index (χ1v) is 33.8. The molecule has 10 amide bonds. The van der Waals surface area contributed by atoms with E-state index in [0.717, 1.165) is 108 Å². The fourth-order valence-electron chi connectivity index (χ4n) is 13.2. The van der Waals surface area contributed by atoms with E-state index in [0.29, 0.717) is 25.7 Å². The first-order chi connectivity index (χ1) is 42.8. The lowest BCUT2D eigenvalue weighted by atomic mass is 9.49. The van der Waals surface area contributed by atoms with E-state index < -0.39 is 95.9 Å². The van der Waals surface area contributed by atoms with Gasteiger partial charge in [-0.15, -0.1) is 0 Å². The van der Waals surface area contributed by atoms with Crippen molar-refractivity contribution in [3.8, 4) is 0 Å². The molecule has 0 aromatic heterocycles. The van der Waals surface area contributed by atoms with Crippen LogP contribution in [0.1, 0.15) is 276 Å². The van der Waals surface area contributed by atoms with Crippen LogP contribution in [0.25, 0.3) is 0 Å². The summed E-state index contributed by atoms with van der Waals surface area (Å²) in [5.74, 6) is -13.3. The van der Waals surface area contributed by atoms with Gasteiger partial charge in [-0.05, 0) is 134 Å². The molecule has 8 fully saturated rings. The van der Waals surface area contributed by atoms with Gasteiger partial charge < -0.3 is 4.74 Å². The molecular weight excluding hydrogens is 1210 g/mol. The highest BCUT2D eigenvalue weighted by Gasteiger charge is 2.76. The average molecular weight is 1320 g/mol. The van der Waals surface area contributed by atoms with Crippen molar-refractivity contribution in [2.75, 3.05) is 0 Å². The van der Waals surface area contributed by atoms with Gasteiger partial charge >= 0.3 is 5.97 Å². The Hall–Kier alpha value is -5.96. The first kappa shape index (κ1) is 79.5. The van der Waals surface area contributed by atoms with Crippen molar-refractivity contribution in [3.05, 3.63) is 34.6 Å². The zero-order valence-corrected chi connectivity index (χ0v) is 58.7. The van der Waals surface area contributed by atoms with Crippen molar-refractivity contribution in [3.63, 3.8) is 0 Å². The number of hydrogen-bond donors (Lipinski definition) is 5. The topological polar surface area (TPSA) is 257 Å². The maximum absolute atomic E-state index is 13.4. The number of ether oxygens (including phenoxy) is 1. The van der Waals surface area contributed by atoms with E-state index in [-0.39, 0.29) is 64.6 Å². The second-order valence-electron chi connectivity index (χ2n) is 31.3. The SMILES string of the molecule is CCC(C)(C)C(=O)NC(=O)C12CC3CC(CC(C3)C1)C2.CCC(C)(C)C(=O)NC(=O)C12CCC(C)(C(=O)O1)C2(C)C.CCC(C)(C)C(=O)NC(=O)C1CCCC1.CCC(C)(C)C(=O)NC(=O)C1CCCCC1.CCC(C)(C)C(=O)NC(=O)c1c(F)c(F)c(F)c(F)c1F. The number of halogens is 5. The Morgan fingerprint density at radius 2 is 0.731 bits per heavy atom. The quantitative estimate of drug-likeness (QED) is 0.0475. The van der Waals surface area contributed by atoms with Crippen molar-refractivity contribution in [1.29, 1.82) is 0 Å². The smallest absolute Gasteiger partial charge is 0.313 e. The molecule has 0 spiro atoms. The summed E-state index contributed by atoms with van der Waals surface area (Å²) in [6.45, 7) is 32.8. The first-order valence-electron chi connectivity index (χ1n) is 33.8. The number of rotatable bonds is 15. The number of carbonyl (C=O) groups is 11. The number of hydrogen-bond acceptors (Lipinski definition) is 12. The third kappa shape index (κ3) is 17.7. The molecule has 2 unspecified atom stereocenters. The number of carbonyl (C=O) groups excluding carboxylic acids is 11. The lowest BCUT2D eigenvalue weighted by Crippen LogP contribution is -2.56. The van der Waals surface area contributed by atoms with E-state index in [1.165, 1.54) is 39.5 Å². The summed E-state index contributed by atoms with van der Waals surface area (Å²) in [6, 6.07) is 0. The Morgan fingerprint density at radius 3 is 1.04 bits per heavy atom. The van der Waals surface area contributed by atoms with Gasteiger partial charge in [0.1, 0.15) is 5.56 Å². The molecule has 1 aromatic rings. The largest absolute Gasteiger partial charge is 0.448 e. The van der Waals surface area contributed by atoms with Crippen LogP contribution in [-0.2, 0) is 52.7 Å². The predicted molar refractivity (Wildman–Crippen MR) is 341 cm³/mol. The van der Waals surface area contributed by atoms with Gasteiger partial charge in [0.05, 0.1) is 10.8 Å². The van der Waals surface area contributed by atoms with Crippen LogP contribution in [0.3, 0.4) is 0 Å². The molecule has 2 atom stereocenters. The van der Waals surface area contributed by atoms with Crippen LogP contribution < -0.4 is 26.6 Å². The highest BCUT2D eigenvalue weighted by molar-refractivity contribution is 6.07. The van der Waals surface area contributed by atoms with E-state index >= 15 is 0 Å². The zero-order valence-electron chi connectivity index (χ0n) is 58.7. The summed E-state index contributed by atoms with van der Waals surface area (Å²) in [5, 5.41) is 11.9. The van der Waals surface area contributed by atoms with Crippen molar-refractivity contribution < 1.29 is 79.4 Å². The predicted octanol–water partition coefficient (Wildman–Crippen LogP) is 13.4. The maximum atomic E-state index is 13.4. The molecule has 1 aromatic carbocycles. The molecule has 1 aliphatic heterocycles. The third-order valence-electron chi connectivity index (χ3n) is 22.8. The third-order valence-corrected chi connectivity index (χ3v) is 22.8. The minimum Gasteiger partial charge on any atom is -0.448 e. The maximum Gasteiger partial charge on any atom is 0.313 e. The van der Waals surface area contributed by atoms with Crippen molar-refractivity contribution in [1.82, 2.24) is 26.6 Å². The van der Waals surface area contributed by atoms with E-state index in [1.54, 1.807) is 26.1 Å². The van der Waals surface area contributed by atoms with Crippen molar-refractivity contribution >= 4 is 65.0 Å². The van der Waals surface area contributed by atoms with Gasteiger partial charge in [-0.2, -0.15) is 0 Å². The Bertz CT molecular complexity index is 2930. The minimum atomic E-state index is -2.37. The zero-order chi connectivity index (χ0) is 71.0. The Labute approximate surface area is 548 Å². The second kappa shape index (κ2) is 30.8. The summed E-state index contributed by atoms with van der Waals surface area (Å²) < 4.78 is 71.0. The fraction of sp³-hybridized carbons (Fsp3) is 0.761. The molecule has 6 bridgehead atoms. The van der Waals surface area contributed by atoms with Crippen LogP contribution in [0.2, 0.25) is 0 Å². The molecule has 5 N–H and O–H groups in total. The number of fused-ring (bicyclic) bond motifs is 2. The summed E-state index contributed by atoms with van der Waals surface area (Å²) in [7, 11) is 0. The van der Waals surface area contributed by atoms with Gasteiger partial charge in [0, 0.05) is 44.3 Å². The van der Waals surface area contributed by atoms with Gasteiger partial charge in [0.15, 0.2) is 28.9 Å². The molecule has 22 heteroatoms. The number of imide groups is 5. The molecule has 1 heterocycles.